The van der Waals surface area contributed by atoms with Crippen LogP contribution < -0.4 is 10.5 Å². The van der Waals surface area contributed by atoms with Crippen molar-refractivity contribution in [3.63, 3.8) is 0 Å². The van der Waals surface area contributed by atoms with Crippen LogP contribution in [0.1, 0.15) is 25.3 Å². The van der Waals surface area contributed by atoms with Crippen molar-refractivity contribution in [1.29, 1.82) is 0 Å². The zero-order chi connectivity index (χ0) is 25.9. The maximum Gasteiger partial charge on any atom is 0.417 e. The Bertz CT molecular complexity index is 1010. The molecule has 5 nitrogen and oxygen atoms in total. The highest BCUT2D eigenvalue weighted by Gasteiger charge is 2.40. The van der Waals surface area contributed by atoms with E-state index in [9.17, 15) is 18.0 Å². The predicted molar refractivity (Wildman–Crippen MR) is 140 cm³/mol. The summed E-state index contributed by atoms with van der Waals surface area (Å²) >= 11 is 0. The van der Waals surface area contributed by atoms with E-state index in [2.05, 4.69) is 57.7 Å². The lowest BCUT2D eigenvalue weighted by Crippen LogP contribution is -2.52. The van der Waals surface area contributed by atoms with Crippen LogP contribution >= 0.6 is 0 Å². The Morgan fingerprint density at radius 1 is 0.941 bits per heavy atom. The second-order valence-corrected chi connectivity index (χ2v) is 23.7. The number of rotatable bonds is 11. The maximum absolute atomic E-state index is 13.4. The molecule has 2 rings (SSSR count). The summed E-state index contributed by atoms with van der Waals surface area (Å²) in [7, 11) is -5.97. The van der Waals surface area contributed by atoms with Crippen molar-refractivity contribution >= 4 is 41.9 Å². The van der Waals surface area contributed by atoms with Crippen molar-refractivity contribution in [2.24, 2.45) is 0 Å². The summed E-state index contributed by atoms with van der Waals surface area (Å²) in [5, 5.41) is -0.112. The minimum absolute atomic E-state index is 0.0539. The molecule has 11 heteroatoms. The van der Waals surface area contributed by atoms with Crippen molar-refractivity contribution in [2.45, 2.75) is 77.8 Å². The molecule has 1 heterocycles. The summed E-state index contributed by atoms with van der Waals surface area (Å²) in [5.74, 6) is 0. The topological polar surface area (TPSA) is 51.9 Å². The first-order valence-corrected chi connectivity index (χ1v) is 21.1. The lowest BCUT2D eigenvalue weighted by molar-refractivity contribution is -0.136. The van der Waals surface area contributed by atoms with Gasteiger partial charge in [-0.15, -0.1) is 0 Å². The molecule has 0 N–H and O–H groups in total. The van der Waals surface area contributed by atoms with Gasteiger partial charge in [-0.2, -0.15) is 13.2 Å². The monoisotopic (exact) mass is 533 g/mol. The van der Waals surface area contributed by atoms with Gasteiger partial charge in [0.25, 0.3) is 0 Å². The second kappa shape index (κ2) is 10.7. The number of hydrogen-bond acceptors (Lipinski definition) is 5. The Morgan fingerprint density at radius 2 is 1.53 bits per heavy atom. The summed E-state index contributed by atoms with van der Waals surface area (Å²) in [6.07, 6.45) is -2.92. The van der Waals surface area contributed by atoms with Crippen molar-refractivity contribution < 1.29 is 25.8 Å². The average molecular weight is 534 g/mol. The van der Waals surface area contributed by atoms with E-state index in [0.717, 1.165) is 31.1 Å². The van der Waals surface area contributed by atoms with Gasteiger partial charge in [-0.3, -0.25) is 0 Å². The molecule has 0 saturated carbocycles. The molecule has 0 bridgehead atoms. The molecule has 0 spiro atoms. The molecule has 0 aliphatic heterocycles. The Kier molecular flexibility index (Phi) is 9.06. The lowest BCUT2D eigenvalue weighted by Gasteiger charge is -2.39. The van der Waals surface area contributed by atoms with Crippen molar-refractivity contribution in [3.8, 4) is 0 Å². The number of nitrogens with zero attached hydrogens (tertiary/aromatic N) is 1. The molecule has 0 aliphatic rings. The molecule has 1 aromatic heterocycles. The Balaban J connectivity index is 2.28. The van der Waals surface area contributed by atoms with Gasteiger partial charge in [-0.1, -0.05) is 6.92 Å². The standard InChI is InChI=1S/C23H38F3NO4Si3/c1-9-13-27(14-10-15-34(8,30-32(2,3)4)31-33(5,6)7)18-11-12-19-20(23(24,25)26)17-22(28)29-21(19)16-18/h11-12,16-17H,9-10,13-15H2,1-8H3. The van der Waals surface area contributed by atoms with Crippen molar-refractivity contribution in [2.75, 3.05) is 18.0 Å². The van der Waals surface area contributed by atoms with Gasteiger partial charge in [0.1, 0.15) is 5.58 Å². The van der Waals surface area contributed by atoms with Gasteiger partial charge >= 0.3 is 20.4 Å². The van der Waals surface area contributed by atoms with Crippen LogP contribution in [0.4, 0.5) is 18.9 Å². The van der Waals surface area contributed by atoms with Crippen LogP contribution in [0, 0.1) is 0 Å². The summed E-state index contributed by atoms with van der Waals surface area (Å²) in [6.45, 7) is 18.7. The molecule has 0 unspecified atom stereocenters. The Labute approximate surface area is 203 Å². The fourth-order valence-corrected chi connectivity index (χ4v) is 16.8. The minimum Gasteiger partial charge on any atom is -0.437 e. The molecule has 0 radical (unpaired) electrons. The third kappa shape index (κ3) is 8.67. The summed E-state index contributed by atoms with van der Waals surface area (Å²) in [5.41, 5.74) is -1.30. The Morgan fingerprint density at radius 3 is 2.03 bits per heavy atom. The smallest absolute Gasteiger partial charge is 0.417 e. The number of benzene rings is 1. The highest BCUT2D eigenvalue weighted by molar-refractivity contribution is 6.87. The molecule has 34 heavy (non-hydrogen) atoms. The fraction of sp³-hybridized carbons (Fsp3) is 0.609. The summed E-state index contributed by atoms with van der Waals surface area (Å²) in [4.78, 5) is 13.9. The van der Waals surface area contributed by atoms with Gasteiger partial charge in [0.2, 0.25) is 0 Å². The third-order valence-corrected chi connectivity index (χ3v) is 14.6. The van der Waals surface area contributed by atoms with E-state index in [-0.39, 0.29) is 11.0 Å². The molecule has 0 fully saturated rings. The van der Waals surface area contributed by atoms with Crippen LogP contribution in [-0.4, -0.2) is 38.3 Å². The first kappa shape index (κ1) is 28.8. The highest BCUT2D eigenvalue weighted by atomic mass is 28.5. The Hall–Kier alpha value is -1.41. The van der Waals surface area contributed by atoms with Crippen molar-refractivity contribution in [1.82, 2.24) is 0 Å². The van der Waals surface area contributed by atoms with Crippen LogP contribution in [-0.2, 0) is 14.4 Å². The SMILES string of the molecule is CCCN(CCC[Si](C)(O[Si](C)(C)C)O[Si](C)(C)C)c1ccc2c(C(F)(F)F)cc(=O)oc2c1. The molecular weight excluding hydrogens is 496 g/mol. The predicted octanol–water partition coefficient (Wildman–Crippen LogP) is 7.19. The summed E-state index contributed by atoms with van der Waals surface area (Å²) in [6, 6.07) is 5.94. The first-order chi connectivity index (χ1) is 15.4. The molecule has 0 aliphatic carbocycles. The molecular formula is C23H38F3NO4Si3. The van der Waals surface area contributed by atoms with Gasteiger partial charge in [0.05, 0.1) is 5.56 Å². The number of anilines is 1. The molecule has 0 atom stereocenters. The zero-order valence-corrected chi connectivity index (χ0v) is 24.6. The van der Waals surface area contributed by atoms with Gasteiger partial charge in [0.15, 0.2) is 16.6 Å². The molecule has 0 amide bonds. The fourth-order valence-electron chi connectivity index (χ4n) is 4.23. The molecule has 192 valence electrons. The number of hydrogen-bond donors (Lipinski definition) is 0. The zero-order valence-electron chi connectivity index (χ0n) is 21.6. The van der Waals surface area contributed by atoms with Gasteiger partial charge in [-0.25, -0.2) is 4.79 Å². The highest BCUT2D eigenvalue weighted by Crippen LogP contribution is 2.35. The quantitative estimate of drug-likeness (QED) is 0.226. The van der Waals surface area contributed by atoms with E-state index in [1.54, 1.807) is 6.07 Å². The van der Waals surface area contributed by atoms with Crippen LogP contribution in [0.5, 0.6) is 0 Å². The van der Waals surface area contributed by atoms with E-state index < -0.39 is 42.6 Å². The number of alkyl halides is 3. The van der Waals surface area contributed by atoms with E-state index in [1.165, 1.54) is 12.1 Å². The molecule has 2 aromatic rings. The normalized spacial score (nSPS) is 13.5. The average Bonchev–Trinajstić information content (AvgIpc) is 2.62. The molecule has 1 aromatic carbocycles. The lowest BCUT2D eigenvalue weighted by atomic mass is 10.1. The van der Waals surface area contributed by atoms with E-state index in [1.807, 2.05) is 0 Å². The number of fused-ring (bicyclic) bond motifs is 1. The van der Waals surface area contributed by atoms with Crippen molar-refractivity contribution in [3.05, 3.63) is 40.2 Å². The van der Waals surface area contributed by atoms with Crippen LogP contribution in [0.2, 0.25) is 51.9 Å². The largest absolute Gasteiger partial charge is 0.437 e. The van der Waals surface area contributed by atoms with Gasteiger partial charge < -0.3 is 17.5 Å². The summed E-state index contributed by atoms with van der Waals surface area (Å²) < 4.78 is 58.4. The van der Waals surface area contributed by atoms with E-state index in [0.29, 0.717) is 12.6 Å². The van der Waals surface area contributed by atoms with E-state index in [4.69, 9.17) is 12.6 Å². The second-order valence-electron chi connectivity index (χ2n) is 10.8. The number of halogens is 3. The first-order valence-electron chi connectivity index (χ1n) is 11.7. The minimum atomic E-state index is -4.62. The van der Waals surface area contributed by atoms with Crippen LogP contribution in [0.25, 0.3) is 11.0 Å². The van der Waals surface area contributed by atoms with Crippen LogP contribution in [0.15, 0.2) is 33.5 Å². The maximum atomic E-state index is 13.4. The van der Waals surface area contributed by atoms with Crippen LogP contribution in [0.3, 0.4) is 0 Å². The van der Waals surface area contributed by atoms with Gasteiger partial charge in [0, 0.05) is 36.3 Å². The third-order valence-electron chi connectivity index (χ3n) is 5.00. The van der Waals surface area contributed by atoms with E-state index >= 15 is 0 Å². The molecule has 0 saturated heterocycles. The van der Waals surface area contributed by atoms with Gasteiger partial charge in [-0.05, 0) is 76.8 Å².